The standard InChI is InChI=1S/C8H8BrO2/c1-11-7-4-2-3-6(5-10)8(7)9/h2-4H,5H2,1H3. The van der Waals surface area contributed by atoms with E-state index in [1.54, 1.807) is 19.2 Å². The highest BCUT2D eigenvalue weighted by Gasteiger charge is 2.03. The van der Waals surface area contributed by atoms with E-state index >= 15 is 0 Å². The molecule has 0 fully saturated rings. The fourth-order valence-electron chi connectivity index (χ4n) is 0.825. The van der Waals surface area contributed by atoms with Crippen molar-refractivity contribution in [2.45, 2.75) is 6.61 Å². The van der Waals surface area contributed by atoms with Crippen molar-refractivity contribution in [2.24, 2.45) is 0 Å². The molecule has 11 heavy (non-hydrogen) atoms. The molecule has 1 rings (SSSR count). The molecule has 3 heteroatoms. The normalized spacial score (nSPS) is 9.73. The lowest BCUT2D eigenvalue weighted by Crippen LogP contribution is -1.88. The second-order valence-electron chi connectivity index (χ2n) is 2.08. The molecule has 0 amide bonds. The van der Waals surface area contributed by atoms with Crippen molar-refractivity contribution in [2.75, 3.05) is 7.11 Å². The highest BCUT2D eigenvalue weighted by molar-refractivity contribution is 9.10. The van der Waals surface area contributed by atoms with Gasteiger partial charge in [0.05, 0.1) is 11.6 Å². The topological polar surface area (TPSA) is 29.1 Å². The van der Waals surface area contributed by atoms with Crippen molar-refractivity contribution >= 4 is 15.9 Å². The zero-order valence-corrected chi connectivity index (χ0v) is 7.72. The minimum atomic E-state index is -0.224. The van der Waals surface area contributed by atoms with Gasteiger partial charge in [-0.15, -0.1) is 0 Å². The quantitative estimate of drug-likeness (QED) is 0.746. The molecule has 0 N–H and O–H groups in total. The van der Waals surface area contributed by atoms with Crippen LogP contribution in [0.1, 0.15) is 5.56 Å². The van der Waals surface area contributed by atoms with Crippen molar-refractivity contribution in [3.8, 4) is 5.75 Å². The van der Waals surface area contributed by atoms with Gasteiger partial charge in [0.15, 0.2) is 0 Å². The van der Waals surface area contributed by atoms with Crippen LogP contribution in [-0.4, -0.2) is 7.11 Å². The molecule has 0 bridgehead atoms. The van der Waals surface area contributed by atoms with Crippen molar-refractivity contribution < 1.29 is 9.84 Å². The van der Waals surface area contributed by atoms with E-state index in [4.69, 9.17) is 4.74 Å². The van der Waals surface area contributed by atoms with Gasteiger partial charge in [0.25, 0.3) is 0 Å². The lowest BCUT2D eigenvalue weighted by atomic mass is 10.2. The smallest absolute Gasteiger partial charge is 0.133 e. The number of hydrogen-bond donors (Lipinski definition) is 0. The predicted molar refractivity (Wildman–Crippen MR) is 45.1 cm³/mol. The summed E-state index contributed by atoms with van der Waals surface area (Å²) in [7, 11) is 1.58. The molecule has 0 unspecified atom stereocenters. The molecule has 0 spiro atoms. The third-order valence-corrected chi connectivity index (χ3v) is 2.32. The summed E-state index contributed by atoms with van der Waals surface area (Å²) >= 11 is 3.28. The Labute approximate surface area is 73.9 Å². The Morgan fingerprint density at radius 3 is 2.82 bits per heavy atom. The molecule has 2 nitrogen and oxygen atoms in total. The zero-order valence-electron chi connectivity index (χ0n) is 6.13. The number of ether oxygens (including phenoxy) is 1. The molecule has 1 radical (unpaired) electrons. The van der Waals surface area contributed by atoms with E-state index in [9.17, 15) is 5.11 Å². The Morgan fingerprint density at radius 1 is 1.55 bits per heavy atom. The predicted octanol–water partition coefficient (Wildman–Crippen LogP) is 2.39. The van der Waals surface area contributed by atoms with Crippen molar-refractivity contribution in [1.82, 2.24) is 0 Å². The van der Waals surface area contributed by atoms with Gasteiger partial charge < -0.3 is 4.74 Å². The summed E-state index contributed by atoms with van der Waals surface area (Å²) in [6.45, 7) is -0.224. The Bertz CT molecular complexity index is 226. The lowest BCUT2D eigenvalue weighted by molar-refractivity contribution is 0.176. The van der Waals surface area contributed by atoms with Crippen LogP contribution in [-0.2, 0) is 11.7 Å². The molecule has 0 aliphatic rings. The first kappa shape index (κ1) is 8.56. The number of hydrogen-bond acceptors (Lipinski definition) is 1. The Hall–Kier alpha value is -0.540. The fourth-order valence-corrected chi connectivity index (χ4v) is 1.37. The van der Waals surface area contributed by atoms with E-state index in [0.717, 1.165) is 10.0 Å². The average molecular weight is 216 g/mol. The van der Waals surface area contributed by atoms with Crippen LogP contribution >= 0.6 is 15.9 Å². The summed E-state index contributed by atoms with van der Waals surface area (Å²) in [5.74, 6) is 0.707. The van der Waals surface area contributed by atoms with E-state index in [2.05, 4.69) is 15.9 Å². The summed E-state index contributed by atoms with van der Waals surface area (Å²) in [5, 5.41) is 10.5. The number of benzene rings is 1. The molecule has 59 valence electrons. The third kappa shape index (κ3) is 1.73. The van der Waals surface area contributed by atoms with Gasteiger partial charge in [0.1, 0.15) is 12.4 Å². The van der Waals surface area contributed by atoms with Crippen LogP contribution in [0.4, 0.5) is 0 Å². The lowest BCUT2D eigenvalue weighted by Gasteiger charge is -2.04. The minimum absolute atomic E-state index is 0.224. The molecule has 0 saturated carbocycles. The van der Waals surface area contributed by atoms with Crippen LogP contribution < -0.4 is 4.74 Å². The molecule has 1 aromatic rings. The molecule has 0 saturated heterocycles. The SMILES string of the molecule is COc1cccc(C[O])c1Br. The van der Waals surface area contributed by atoms with Crippen molar-refractivity contribution in [3.05, 3.63) is 28.2 Å². The van der Waals surface area contributed by atoms with Crippen LogP contribution in [0.25, 0.3) is 0 Å². The van der Waals surface area contributed by atoms with E-state index in [0.29, 0.717) is 5.75 Å². The van der Waals surface area contributed by atoms with Crippen LogP contribution in [0.5, 0.6) is 5.75 Å². The molecule has 1 aromatic carbocycles. The van der Waals surface area contributed by atoms with E-state index in [1.165, 1.54) is 0 Å². The summed E-state index contributed by atoms with van der Waals surface area (Å²) in [5.41, 5.74) is 0.726. The van der Waals surface area contributed by atoms with Gasteiger partial charge in [-0.2, -0.15) is 0 Å². The second kappa shape index (κ2) is 3.74. The summed E-state index contributed by atoms with van der Waals surface area (Å²) < 4.78 is 5.76. The zero-order chi connectivity index (χ0) is 8.27. The van der Waals surface area contributed by atoms with Gasteiger partial charge in [0.2, 0.25) is 0 Å². The van der Waals surface area contributed by atoms with Gasteiger partial charge in [-0.05, 0) is 27.6 Å². The van der Waals surface area contributed by atoms with E-state index < -0.39 is 0 Å². The fraction of sp³-hybridized carbons (Fsp3) is 0.250. The maximum absolute atomic E-state index is 10.5. The molecule has 0 aromatic heterocycles. The molecular weight excluding hydrogens is 208 g/mol. The molecular formula is C8H8BrO2. The van der Waals surface area contributed by atoms with Crippen LogP contribution in [0.3, 0.4) is 0 Å². The van der Waals surface area contributed by atoms with Gasteiger partial charge in [-0.25, -0.2) is 5.11 Å². The van der Waals surface area contributed by atoms with Crippen LogP contribution in [0, 0.1) is 0 Å². The summed E-state index contributed by atoms with van der Waals surface area (Å²) in [6.07, 6.45) is 0. The first-order valence-corrected chi connectivity index (χ1v) is 3.98. The monoisotopic (exact) mass is 215 g/mol. The van der Waals surface area contributed by atoms with Crippen molar-refractivity contribution in [3.63, 3.8) is 0 Å². The number of methoxy groups -OCH3 is 1. The summed E-state index contributed by atoms with van der Waals surface area (Å²) in [6, 6.07) is 5.39. The Kier molecular flexibility index (Phi) is 2.91. The number of rotatable bonds is 2. The first-order chi connectivity index (χ1) is 5.29. The van der Waals surface area contributed by atoms with Crippen LogP contribution in [0.2, 0.25) is 0 Å². The molecule has 0 heterocycles. The van der Waals surface area contributed by atoms with E-state index in [1.807, 2.05) is 6.07 Å². The average Bonchev–Trinajstić information content (AvgIpc) is 2.05. The summed E-state index contributed by atoms with van der Waals surface area (Å²) in [4.78, 5) is 0. The minimum Gasteiger partial charge on any atom is -0.496 e. The maximum atomic E-state index is 10.5. The molecule has 0 atom stereocenters. The number of halogens is 1. The van der Waals surface area contributed by atoms with Crippen molar-refractivity contribution in [1.29, 1.82) is 0 Å². The van der Waals surface area contributed by atoms with E-state index in [-0.39, 0.29) is 6.61 Å². The maximum Gasteiger partial charge on any atom is 0.133 e. The molecule has 0 aliphatic carbocycles. The van der Waals surface area contributed by atoms with Gasteiger partial charge >= 0.3 is 0 Å². The second-order valence-corrected chi connectivity index (χ2v) is 2.87. The largest absolute Gasteiger partial charge is 0.496 e. The third-order valence-electron chi connectivity index (χ3n) is 1.42. The highest BCUT2D eigenvalue weighted by atomic mass is 79.9. The first-order valence-electron chi connectivity index (χ1n) is 3.19. The molecule has 0 aliphatic heterocycles. The van der Waals surface area contributed by atoms with Gasteiger partial charge in [-0.1, -0.05) is 12.1 Å². The Morgan fingerprint density at radius 2 is 2.27 bits per heavy atom. The highest BCUT2D eigenvalue weighted by Crippen LogP contribution is 2.27. The van der Waals surface area contributed by atoms with Gasteiger partial charge in [-0.3, -0.25) is 0 Å². The van der Waals surface area contributed by atoms with Crippen LogP contribution in [0.15, 0.2) is 22.7 Å². The van der Waals surface area contributed by atoms with Gasteiger partial charge in [0, 0.05) is 0 Å². The Balaban J connectivity index is 3.10.